The number of carbonyl (C=O) groups excluding carboxylic acids is 3. The maximum atomic E-state index is 14.6. The zero-order chi connectivity index (χ0) is 28.5. The molecule has 3 aromatic carbocycles. The highest BCUT2D eigenvalue weighted by molar-refractivity contribution is 6.36. The van der Waals surface area contributed by atoms with Crippen molar-refractivity contribution in [2.45, 2.75) is 60.9 Å². The van der Waals surface area contributed by atoms with Crippen molar-refractivity contribution in [1.82, 2.24) is 10.2 Å². The van der Waals surface area contributed by atoms with Crippen molar-refractivity contribution in [3.8, 4) is 0 Å². The molecule has 210 valence electrons. The van der Waals surface area contributed by atoms with Crippen LogP contribution in [0, 0.1) is 17.8 Å². The van der Waals surface area contributed by atoms with E-state index < -0.39 is 39.4 Å². The van der Waals surface area contributed by atoms with Gasteiger partial charge in [-0.1, -0.05) is 85.8 Å². The number of nitrogens with one attached hydrogen (secondary N) is 1. The summed E-state index contributed by atoms with van der Waals surface area (Å²) in [5.74, 6) is -2.40. The van der Waals surface area contributed by atoms with Crippen LogP contribution in [0.25, 0.3) is 0 Å². The van der Waals surface area contributed by atoms with E-state index in [1.54, 1.807) is 0 Å². The van der Waals surface area contributed by atoms with Crippen LogP contribution in [0.15, 0.2) is 78.9 Å². The highest BCUT2D eigenvalue weighted by Gasteiger charge is 2.73. The molecule has 2 bridgehead atoms. The second kappa shape index (κ2) is 9.71. The molecule has 8 rings (SSSR count). The molecule has 3 aromatic rings. The number of nitrogens with zero attached hydrogens (tertiary/aromatic N) is 1. The first-order valence-electron chi connectivity index (χ1n) is 14.5. The van der Waals surface area contributed by atoms with Crippen LogP contribution in [0.1, 0.15) is 60.4 Å². The van der Waals surface area contributed by atoms with Gasteiger partial charge in [-0.05, 0) is 59.4 Å². The molecule has 0 spiro atoms. The molecule has 7 heteroatoms. The van der Waals surface area contributed by atoms with Gasteiger partial charge in [-0.3, -0.25) is 19.3 Å². The number of alkyl halides is 2. The van der Waals surface area contributed by atoms with Crippen molar-refractivity contribution in [1.29, 1.82) is 0 Å². The van der Waals surface area contributed by atoms with Gasteiger partial charge in [0.25, 0.3) is 0 Å². The molecule has 2 fully saturated rings. The second-order valence-electron chi connectivity index (χ2n) is 12.2. The molecule has 5 nitrogen and oxygen atoms in total. The van der Waals surface area contributed by atoms with E-state index in [9.17, 15) is 14.4 Å². The van der Waals surface area contributed by atoms with Crippen molar-refractivity contribution in [2.75, 3.05) is 0 Å². The van der Waals surface area contributed by atoms with Crippen LogP contribution in [0.3, 0.4) is 0 Å². The third-order valence-corrected chi connectivity index (χ3v) is 11.2. The molecular weight excluding hydrogens is 555 g/mol. The van der Waals surface area contributed by atoms with Crippen molar-refractivity contribution in [3.63, 3.8) is 0 Å². The molecule has 1 aliphatic heterocycles. The quantitative estimate of drug-likeness (QED) is 0.299. The molecule has 1 saturated heterocycles. The SMILES string of the molecule is CC1CCC(NC(=O)[C@H](Cc2ccccc2)N2C(=O)[C@@H]3[C@H](C2=O)C2(Cl)c4ccccc4C3(Cl)c3ccccc32)CC1. The highest BCUT2D eigenvalue weighted by Crippen LogP contribution is 2.69. The Bertz CT molecular complexity index is 1430. The fourth-order valence-electron chi connectivity index (χ4n) is 7.84. The Labute approximate surface area is 250 Å². The van der Waals surface area contributed by atoms with E-state index in [0.29, 0.717) is 5.92 Å². The van der Waals surface area contributed by atoms with Gasteiger partial charge >= 0.3 is 0 Å². The Kier molecular flexibility index (Phi) is 6.33. The third-order valence-electron chi connectivity index (χ3n) is 9.87. The minimum absolute atomic E-state index is 0.0236. The lowest BCUT2D eigenvalue weighted by Gasteiger charge is -2.54. The number of likely N-dealkylation sites (tertiary alicyclic amines) is 1. The number of hydrogen-bond acceptors (Lipinski definition) is 3. The zero-order valence-corrected chi connectivity index (χ0v) is 24.4. The Balaban J connectivity index is 1.33. The smallest absolute Gasteiger partial charge is 0.243 e. The van der Waals surface area contributed by atoms with Gasteiger partial charge in [0.2, 0.25) is 17.7 Å². The highest BCUT2D eigenvalue weighted by atomic mass is 35.5. The maximum Gasteiger partial charge on any atom is 0.243 e. The van der Waals surface area contributed by atoms with Crippen LogP contribution in [-0.2, 0) is 30.6 Å². The molecule has 3 atom stereocenters. The Morgan fingerprint density at radius 3 is 1.68 bits per heavy atom. The van der Waals surface area contributed by atoms with Gasteiger partial charge in [0.1, 0.15) is 15.8 Å². The molecule has 1 N–H and O–H groups in total. The summed E-state index contributed by atoms with van der Waals surface area (Å²) >= 11 is 15.2. The van der Waals surface area contributed by atoms with Crippen LogP contribution in [0.2, 0.25) is 0 Å². The van der Waals surface area contributed by atoms with Gasteiger partial charge in [-0.25, -0.2) is 0 Å². The van der Waals surface area contributed by atoms with Gasteiger partial charge in [-0.2, -0.15) is 0 Å². The third kappa shape index (κ3) is 3.78. The second-order valence-corrected chi connectivity index (χ2v) is 13.4. The van der Waals surface area contributed by atoms with Crippen LogP contribution in [-0.4, -0.2) is 34.7 Å². The molecule has 1 heterocycles. The normalized spacial score (nSPS) is 32.2. The van der Waals surface area contributed by atoms with E-state index in [1.807, 2.05) is 78.9 Å². The summed E-state index contributed by atoms with van der Waals surface area (Å²) in [4.78, 5) is 41.8. The molecule has 0 unspecified atom stereocenters. The fourth-order valence-corrected chi connectivity index (χ4v) is 8.93. The van der Waals surface area contributed by atoms with E-state index in [0.717, 1.165) is 53.5 Å². The van der Waals surface area contributed by atoms with Gasteiger partial charge in [-0.15, -0.1) is 23.2 Å². The first-order valence-corrected chi connectivity index (χ1v) is 15.3. The molecule has 0 aromatic heterocycles. The average Bonchev–Trinajstić information content (AvgIpc) is 3.27. The van der Waals surface area contributed by atoms with E-state index in [-0.39, 0.29) is 18.4 Å². The van der Waals surface area contributed by atoms with Crippen LogP contribution in [0.4, 0.5) is 0 Å². The van der Waals surface area contributed by atoms with Gasteiger partial charge in [0.15, 0.2) is 0 Å². The summed E-state index contributed by atoms with van der Waals surface area (Å²) in [6, 6.07) is 23.7. The van der Waals surface area contributed by atoms with Crippen LogP contribution < -0.4 is 5.32 Å². The van der Waals surface area contributed by atoms with E-state index in [1.165, 1.54) is 4.90 Å². The molecule has 4 aliphatic carbocycles. The average molecular weight is 588 g/mol. The van der Waals surface area contributed by atoms with Gasteiger partial charge in [0.05, 0.1) is 11.8 Å². The summed E-state index contributed by atoms with van der Waals surface area (Å²) < 4.78 is 0. The number of halogens is 2. The van der Waals surface area contributed by atoms with Crippen LogP contribution >= 0.6 is 23.2 Å². The Morgan fingerprint density at radius 2 is 1.22 bits per heavy atom. The maximum absolute atomic E-state index is 14.6. The van der Waals surface area contributed by atoms with Crippen molar-refractivity contribution < 1.29 is 14.4 Å². The molecule has 41 heavy (non-hydrogen) atoms. The number of hydrogen-bond donors (Lipinski definition) is 1. The largest absolute Gasteiger partial charge is 0.352 e. The number of imide groups is 1. The Hall–Kier alpha value is -3.15. The summed E-state index contributed by atoms with van der Waals surface area (Å²) in [6.07, 6.45) is 4.08. The fraction of sp³-hybridized carbons (Fsp3) is 0.382. The number of carbonyl (C=O) groups is 3. The zero-order valence-electron chi connectivity index (χ0n) is 22.9. The van der Waals surface area contributed by atoms with Gasteiger partial charge in [0, 0.05) is 12.5 Å². The molecule has 1 saturated carbocycles. The van der Waals surface area contributed by atoms with Crippen molar-refractivity contribution in [3.05, 3.63) is 107 Å². The predicted molar refractivity (Wildman–Crippen MR) is 158 cm³/mol. The summed E-state index contributed by atoms with van der Waals surface area (Å²) in [5.41, 5.74) is 3.87. The van der Waals surface area contributed by atoms with Crippen molar-refractivity contribution >= 4 is 40.9 Å². The van der Waals surface area contributed by atoms with Crippen molar-refractivity contribution in [2.24, 2.45) is 17.8 Å². The number of amides is 3. The summed E-state index contributed by atoms with van der Waals surface area (Å²) in [7, 11) is 0. The lowest BCUT2D eigenvalue weighted by molar-refractivity contribution is -0.148. The summed E-state index contributed by atoms with van der Waals surface area (Å²) in [5, 5.41) is 3.20. The minimum atomic E-state index is -1.27. The Morgan fingerprint density at radius 1 is 0.780 bits per heavy atom. The number of benzene rings is 3. The molecule has 0 radical (unpaired) electrons. The standard InChI is InChI=1S/C34H32Cl2N2O3/c1-20-15-17-22(18-16-20)37-30(39)27(19-21-9-3-2-4-10-21)38-31(40)28-29(32(38)41)34(36)24-12-6-5-11-23(24)33(28,35)25-13-7-8-14-26(25)34/h2-14,20,22,27-29H,15-19H2,1H3,(H,37,39)/t20?,22?,27-,28-,29+,33?,34?/m0/s1. The predicted octanol–water partition coefficient (Wildman–Crippen LogP) is 5.89. The molecule has 3 amide bonds. The minimum Gasteiger partial charge on any atom is -0.352 e. The molecule has 5 aliphatic rings. The number of rotatable bonds is 5. The monoisotopic (exact) mass is 586 g/mol. The van der Waals surface area contributed by atoms with E-state index >= 15 is 0 Å². The topological polar surface area (TPSA) is 66.5 Å². The lowest BCUT2D eigenvalue weighted by atomic mass is 9.54. The van der Waals surface area contributed by atoms with Gasteiger partial charge < -0.3 is 5.32 Å². The summed E-state index contributed by atoms with van der Waals surface area (Å²) in [6.45, 7) is 2.23. The van der Waals surface area contributed by atoms with E-state index in [4.69, 9.17) is 23.2 Å². The first-order chi connectivity index (χ1) is 19.8. The van der Waals surface area contributed by atoms with E-state index in [2.05, 4.69) is 12.2 Å². The molecular formula is C34H32Cl2N2O3. The van der Waals surface area contributed by atoms with Crippen LogP contribution in [0.5, 0.6) is 0 Å². The first kappa shape index (κ1) is 26.7. The lowest BCUT2D eigenvalue weighted by Crippen LogP contribution is -2.57.